The van der Waals surface area contributed by atoms with Crippen molar-refractivity contribution < 1.29 is 9.59 Å². The molecule has 0 unspecified atom stereocenters. The minimum Gasteiger partial charge on any atom is -0.367 e. The summed E-state index contributed by atoms with van der Waals surface area (Å²) in [6.45, 7) is 4.00. The van der Waals surface area contributed by atoms with Crippen molar-refractivity contribution in [2.24, 2.45) is 0 Å². The maximum Gasteiger partial charge on any atom is 0.321 e. The normalized spacial score (nSPS) is 17.2. The number of hydrogen-bond acceptors (Lipinski definition) is 3. The van der Waals surface area contributed by atoms with Crippen LogP contribution in [0.2, 0.25) is 5.02 Å². The number of para-hydroxylation sites is 1. The van der Waals surface area contributed by atoms with Crippen LogP contribution in [0.1, 0.15) is 10.4 Å². The van der Waals surface area contributed by atoms with Crippen molar-refractivity contribution in [3.8, 4) is 0 Å². The third kappa shape index (κ3) is 3.57. The summed E-state index contributed by atoms with van der Waals surface area (Å²) in [7, 11) is 0. The predicted octanol–water partition coefficient (Wildman–Crippen LogP) is 2.83. The van der Waals surface area contributed by atoms with E-state index in [9.17, 15) is 9.59 Å². The lowest BCUT2D eigenvalue weighted by atomic mass is 10.1. The van der Waals surface area contributed by atoms with Crippen LogP contribution in [0.25, 0.3) is 0 Å². The summed E-state index contributed by atoms with van der Waals surface area (Å²) in [4.78, 5) is 30.5. The Morgan fingerprint density at radius 2 is 1.74 bits per heavy atom. The first-order valence-electron chi connectivity index (χ1n) is 9.08. The summed E-state index contributed by atoms with van der Waals surface area (Å²) in [5.74, 6) is -0.00439. The van der Waals surface area contributed by atoms with Gasteiger partial charge in [-0.3, -0.25) is 9.69 Å². The molecule has 2 aromatic rings. The molecule has 0 radical (unpaired) electrons. The fourth-order valence-corrected chi connectivity index (χ4v) is 3.82. The first kappa shape index (κ1) is 17.7. The number of benzene rings is 2. The predicted molar refractivity (Wildman–Crippen MR) is 107 cm³/mol. The van der Waals surface area contributed by atoms with Crippen molar-refractivity contribution in [1.82, 2.24) is 10.2 Å². The maximum absolute atomic E-state index is 12.9. The van der Waals surface area contributed by atoms with Crippen LogP contribution in [0.15, 0.2) is 48.5 Å². The molecule has 4 rings (SSSR count). The van der Waals surface area contributed by atoms with Gasteiger partial charge < -0.3 is 15.1 Å². The van der Waals surface area contributed by atoms with E-state index in [1.807, 2.05) is 41.3 Å². The molecule has 2 aliphatic rings. The SMILES string of the molecule is O=C(c1cccc(N2CCNC2=O)c1)N1CCN(c2ccccc2Cl)CC1. The highest BCUT2D eigenvalue weighted by molar-refractivity contribution is 6.33. The van der Waals surface area contributed by atoms with Gasteiger partial charge in [-0.25, -0.2) is 4.79 Å². The molecule has 140 valence electrons. The second-order valence-electron chi connectivity index (χ2n) is 6.66. The molecule has 0 bridgehead atoms. The Labute approximate surface area is 163 Å². The number of carbonyl (C=O) groups excluding carboxylic acids is 2. The Bertz CT molecular complexity index is 865. The number of urea groups is 1. The quantitative estimate of drug-likeness (QED) is 0.885. The number of anilines is 2. The third-order valence-electron chi connectivity index (χ3n) is 5.02. The average Bonchev–Trinajstić information content (AvgIpc) is 3.14. The van der Waals surface area contributed by atoms with Crippen LogP contribution < -0.4 is 15.1 Å². The zero-order valence-electron chi connectivity index (χ0n) is 14.9. The van der Waals surface area contributed by atoms with Crippen molar-refractivity contribution in [1.29, 1.82) is 0 Å². The molecule has 2 saturated heterocycles. The van der Waals surface area contributed by atoms with Crippen molar-refractivity contribution in [3.63, 3.8) is 0 Å². The molecule has 0 aliphatic carbocycles. The van der Waals surface area contributed by atoms with Gasteiger partial charge in [0, 0.05) is 50.5 Å². The van der Waals surface area contributed by atoms with Crippen LogP contribution >= 0.6 is 11.6 Å². The standard InChI is InChI=1S/C20H21ClN4O2/c21-17-6-1-2-7-18(17)23-10-12-24(13-11-23)19(26)15-4-3-5-16(14-15)25-9-8-22-20(25)27/h1-7,14H,8-13H2,(H,22,27). The van der Waals surface area contributed by atoms with E-state index in [1.54, 1.807) is 17.0 Å². The third-order valence-corrected chi connectivity index (χ3v) is 5.34. The smallest absolute Gasteiger partial charge is 0.321 e. The zero-order chi connectivity index (χ0) is 18.8. The van der Waals surface area contributed by atoms with Gasteiger partial charge in [-0.1, -0.05) is 29.8 Å². The highest BCUT2D eigenvalue weighted by atomic mass is 35.5. The number of nitrogens with one attached hydrogen (secondary N) is 1. The van der Waals surface area contributed by atoms with Crippen molar-refractivity contribution in [3.05, 3.63) is 59.1 Å². The summed E-state index contributed by atoms with van der Waals surface area (Å²) in [6.07, 6.45) is 0. The minimum absolute atomic E-state index is 0.00439. The highest BCUT2D eigenvalue weighted by Crippen LogP contribution is 2.26. The minimum atomic E-state index is -0.118. The van der Waals surface area contributed by atoms with Crippen LogP contribution in [-0.2, 0) is 0 Å². The maximum atomic E-state index is 12.9. The monoisotopic (exact) mass is 384 g/mol. The van der Waals surface area contributed by atoms with Gasteiger partial charge in [0.2, 0.25) is 0 Å². The summed E-state index contributed by atoms with van der Waals surface area (Å²) in [5.41, 5.74) is 2.37. The van der Waals surface area contributed by atoms with Gasteiger partial charge in [-0.05, 0) is 30.3 Å². The molecule has 0 atom stereocenters. The van der Waals surface area contributed by atoms with Gasteiger partial charge in [0.15, 0.2) is 0 Å². The molecule has 0 spiro atoms. The Morgan fingerprint density at radius 1 is 0.963 bits per heavy atom. The van der Waals surface area contributed by atoms with Crippen LogP contribution in [-0.4, -0.2) is 56.1 Å². The number of hydrogen-bond donors (Lipinski definition) is 1. The Kier molecular flexibility index (Phi) is 4.90. The molecule has 6 nitrogen and oxygen atoms in total. The first-order chi connectivity index (χ1) is 13.1. The molecule has 2 heterocycles. The van der Waals surface area contributed by atoms with E-state index in [0.29, 0.717) is 31.7 Å². The molecule has 0 aromatic heterocycles. The molecule has 2 fully saturated rings. The highest BCUT2D eigenvalue weighted by Gasteiger charge is 2.25. The second-order valence-corrected chi connectivity index (χ2v) is 7.07. The molecular formula is C20H21ClN4O2. The van der Waals surface area contributed by atoms with Gasteiger partial charge >= 0.3 is 6.03 Å². The zero-order valence-corrected chi connectivity index (χ0v) is 15.7. The van der Waals surface area contributed by atoms with Crippen molar-refractivity contribution in [2.75, 3.05) is 49.1 Å². The van der Waals surface area contributed by atoms with Crippen LogP contribution in [0.5, 0.6) is 0 Å². The van der Waals surface area contributed by atoms with Crippen LogP contribution in [0.3, 0.4) is 0 Å². The number of rotatable bonds is 3. The number of nitrogens with zero attached hydrogens (tertiary/aromatic N) is 3. The largest absolute Gasteiger partial charge is 0.367 e. The summed E-state index contributed by atoms with van der Waals surface area (Å²) in [6, 6.07) is 14.9. The molecule has 1 N–H and O–H groups in total. The van der Waals surface area contributed by atoms with E-state index in [4.69, 9.17) is 11.6 Å². The summed E-state index contributed by atoms with van der Waals surface area (Å²) < 4.78 is 0. The van der Waals surface area contributed by atoms with Gasteiger partial charge in [0.05, 0.1) is 10.7 Å². The molecule has 0 saturated carbocycles. The molecule has 2 aromatic carbocycles. The van der Waals surface area contributed by atoms with E-state index in [0.717, 1.165) is 29.5 Å². The lowest BCUT2D eigenvalue weighted by molar-refractivity contribution is 0.0747. The number of halogens is 1. The van der Waals surface area contributed by atoms with Crippen LogP contribution in [0, 0.1) is 0 Å². The van der Waals surface area contributed by atoms with Gasteiger partial charge in [0.1, 0.15) is 0 Å². The first-order valence-corrected chi connectivity index (χ1v) is 9.45. The molecule has 7 heteroatoms. The van der Waals surface area contributed by atoms with E-state index in [-0.39, 0.29) is 11.9 Å². The van der Waals surface area contributed by atoms with Gasteiger partial charge in [-0.2, -0.15) is 0 Å². The van der Waals surface area contributed by atoms with E-state index in [2.05, 4.69) is 10.2 Å². The number of piperazine rings is 1. The van der Waals surface area contributed by atoms with Crippen LogP contribution in [0.4, 0.5) is 16.2 Å². The molecule has 2 aliphatic heterocycles. The van der Waals surface area contributed by atoms with Gasteiger partial charge in [0.25, 0.3) is 5.91 Å². The van der Waals surface area contributed by atoms with Gasteiger partial charge in [-0.15, -0.1) is 0 Å². The topological polar surface area (TPSA) is 55.9 Å². The Balaban J connectivity index is 1.44. The van der Waals surface area contributed by atoms with Crippen molar-refractivity contribution >= 4 is 34.9 Å². The second kappa shape index (κ2) is 7.48. The summed E-state index contributed by atoms with van der Waals surface area (Å²) >= 11 is 6.28. The molecule has 27 heavy (non-hydrogen) atoms. The van der Waals surface area contributed by atoms with E-state index < -0.39 is 0 Å². The lowest BCUT2D eigenvalue weighted by Crippen LogP contribution is -2.48. The lowest BCUT2D eigenvalue weighted by Gasteiger charge is -2.36. The fraction of sp³-hybridized carbons (Fsp3) is 0.300. The van der Waals surface area contributed by atoms with Crippen molar-refractivity contribution in [2.45, 2.75) is 0 Å². The fourth-order valence-electron chi connectivity index (χ4n) is 3.57. The Morgan fingerprint density at radius 3 is 2.44 bits per heavy atom. The number of amides is 3. The molecule has 3 amide bonds. The number of carbonyl (C=O) groups is 2. The molecular weight excluding hydrogens is 364 g/mol. The Hall–Kier alpha value is -2.73. The van der Waals surface area contributed by atoms with E-state index >= 15 is 0 Å². The van der Waals surface area contributed by atoms with E-state index in [1.165, 1.54) is 0 Å². The average molecular weight is 385 g/mol. The summed E-state index contributed by atoms with van der Waals surface area (Å²) in [5, 5.41) is 3.51.